The van der Waals surface area contributed by atoms with Gasteiger partial charge in [-0.2, -0.15) is 0 Å². The van der Waals surface area contributed by atoms with Gasteiger partial charge in [-0.3, -0.25) is 0 Å². The van der Waals surface area contributed by atoms with Crippen LogP contribution in [0.15, 0.2) is 0 Å². The summed E-state index contributed by atoms with van der Waals surface area (Å²) in [5.41, 5.74) is -0.834. The fourth-order valence-electron chi connectivity index (χ4n) is 0.662. The van der Waals surface area contributed by atoms with Crippen molar-refractivity contribution in [1.29, 1.82) is 0 Å². The van der Waals surface area contributed by atoms with Gasteiger partial charge in [-0.15, -0.1) is 11.6 Å². The van der Waals surface area contributed by atoms with Gasteiger partial charge in [-0.1, -0.05) is 13.3 Å². The second-order valence-corrected chi connectivity index (χ2v) is 3.50. The van der Waals surface area contributed by atoms with Crippen LogP contribution in [0.4, 0.5) is 4.79 Å². The lowest BCUT2D eigenvalue weighted by Crippen LogP contribution is -2.17. The van der Waals surface area contributed by atoms with Gasteiger partial charge in [0.15, 0.2) is 0 Å². The Morgan fingerprint density at radius 1 is 1.46 bits per heavy atom. The molecule has 0 radical (unpaired) electrons. The monoisotopic (exact) mass is 228 g/mol. The van der Waals surface area contributed by atoms with Gasteiger partial charge in [0.05, 0.1) is 12.0 Å². The Hall–Kier alpha value is 0.01000. The molecule has 0 spiro atoms. The Labute approximate surface area is 88.3 Å². The fraction of sp³-hybridized carbons (Fsp3) is 0.875. The predicted octanol–water partition coefficient (Wildman–Crippen LogP) is 2.79. The van der Waals surface area contributed by atoms with Crippen LogP contribution in [-0.2, 0) is 9.47 Å². The molecule has 0 saturated heterocycles. The van der Waals surface area contributed by atoms with Crippen molar-refractivity contribution in [3.63, 3.8) is 0 Å². The smallest absolute Gasteiger partial charge is 0.403 e. The SMILES string of the molecule is CCCCOCC(Cl)COC(=O)Cl. The second-order valence-electron chi connectivity index (χ2n) is 2.57. The number of alkyl halides is 1. The van der Waals surface area contributed by atoms with Crippen molar-refractivity contribution in [2.45, 2.75) is 25.1 Å². The Bertz CT molecular complexity index is 141. The highest BCUT2D eigenvalue weighted by molar-refractivity contribution is 6.61. The Balaban J connectivity index is 3.19. The third-order valence-electron chi connectivity index (χ3n) is 1.32. The molecule has 0 fully saturated rings. The molecule has 3 nitrogen and oxygen atoms in total. The van der Waals surface area contributed by atoms with Gasteiger partial charge < -0.3 is 9.47 Å². The van der Waals surface area contributed by atoms with Crippen molar-refractivity contribution in [2.24, 2.45) is 0 Å². The molecule has 0 heterocycles. The maximum Gasteiger partial charge on any atom is 0.403 e. The van der Waals surface area contributed by atoms with Crippen LogP contribution in [0.1, 0.15) is 19.8 Å². The molecular formula is C8H14Cl2O3. The second kappa shape index (κ2) is 8.60. The number of carbonyl (C=O) groups is 1. The van der Waals surface area contributed by atoms with Crippen LogP contribution in [0.3, 0.4) is 0 Å². The summed E-state index contributed by atoms with van der Waals surface area (Å²) in [5.74, 6) is 0. The van der Waals surface area contributed by atoms with E-state index in [-0.39, 0.29) is 12.0 Å². The summed E-state index contributed by atoms with van der Waals surface area (Å²) in [6.07, 6.45) is 2.10. The van der Waals surface area contributed by atoms with E-state index < -0.39 is 5.43 Å². The molecule has 5 heteroatoms. The zero-order valence-corrected chi connectivity index (χ0v) is 9.11. The third-order valence-corrected chi connectivity index (χ3v) is 1.68. The van der Waals surface area contributed by atoms with Crippen molar-refractivity contribution < 1.29 is 14.3 Å². The Morgan fingerprint density at radius 3 is 2.69 bits per heavy atom. The normalized spacial score (nSPS) is 12.5. The van der Waals surface area contributed by atoms with Gasteiger partial charge in [0.25, 0.3) is 0 Å². The van der Waals surface area contributed by atoms with Crippen LogP contribution in [-0.4, -0.2) is 30.6 Å². The summed E-state index contributed by atoms with van der Waals surface area (Å²) in [7, 11) is 0. The predicted molar refractivity (Wildman–Crippen MR) is 52.6 cm³/mol. The van der Waals surface area contributed by atoms with E-state index in [2.05, 4.69) is 11.7 Å². The number of unbranched alkanes of at least 4 members (excludes halogenated alkanes) is 1. The third kappa shape index (κ3) is 9.93. The molecule has 1 atom stereocenters. The first-order valence-corrected chi connectivity index (χ1v) is 5.02. The largest absolute Gasteiger partial charge is 0.452 e. The van der Waals surface area contributed by atoms with Gasteiger partial charge in [-0.05, 0) is 6.42 Å². The number of hydrogen-bond acceptors (Lipinski definition) is 3. The molecule has 0 aliphatic heterocycles. The average Bonchev–Trinajstić information content (AvgIpc) is 2.09. The topological polar surface area (TPSA) is 35.5 Å². The van der Waals surface area contributed by atoms with E-state index >= 15 is 0 Å². The number of rotatable bonds is 7. The van der Waals surface area contributed by atoms with Crippen LogP contribution in [0, 0.1) is 0 Å². The van der Waals surface area contributed by atoms with E-state index in [1.54, 1.807) is 0 Å². The lowest BCUT2D eigenvalue weighted by Gasteiger charge is -2.08. The molecule has 0 aromatic carbocycles. The van der Waals surface area contributed by atoms with Gasteiger partial charge in [0.1, 0.15) is 6.61 Å². The van der Waals surface area contributed by atoms with Crippen molar-refractivity contribution in [2.75, 3.05) is 19.8 Å². The summed E-state index contributed by atoms with van der Waals surface area (Å²) in [5, 5.41) is -0.320. The van der Waals surface area contributed by atoms with Crippen LogP contribution in [0.25, 0.3) is 0 Å². The van der Waals surface area contributed by atoms with E-state index in [1.807, 2.05) is 0 Å². The minimum absolute atomic E-state index is 0.0933. The molecule has 0 aliphatic carbocycles. The lowest BCUT2D eigenvalue weighted by molar-refractivity contribution is 0.109. The van der Waals surface area contributed by atoms with E-state index in [0.29, 0.717) is 13.2 Å². The van der Waals surface area contributed by atoms with Crippen molar-refractivity contribution in [1.82, 2.24) is 0 Å². The molecule has 0 rings (SSSR count). The van der Waals surface area contributed by atoms with E-state index in [0.717, 1.165) is 12.8 Å². The summed E-state index contributed by atoms with van der Waals surface area (Å²) in [4.78, 5) is 10.2. The molecule has 0 bridgehead atoms. The number of hydrogen-bond donors (Lipinski definition) is 0. The van der Waals surface area contributed by atoms with Crippen LogP contribution < -0.4 is 0 Å². The molecular weight excluding hydrogens is 215 g/mol. The first-order valence-electron chi connectivity index (χ1n) is 4.21. The minimum Gasteiger partial charge on any atom is -0.452 e. The van der Waals surface area contributed by atoms with Crippen molar-refractivity contribution in [3.8, 4) is 0 Å². The summed E-state index contributed by atoms with van der Waals surface area (Å²) < 4.78 is 9.68. The molecule has 0 N–H and O–H groups in total. The maximum atomic E-state index is 10.2. The number of halogens is 2. The fourth-order valence-corrected chi connectivity index (χ4v) is 0.877. The van der Waals surface area contributed by atoms with Gasteiger partial charge in [-0.25, -0.2) is 4.79 Å². The van der Waals surface area contributed by atoms with Crippen molar-refractivity contribution >= 4 is 28.6 Å². The standard InChI is InChI=1S/C8H14Cl2O3/c1-2-3-4-12-5-7(9)6-13-8(10)11/h7H,2-6H2,1H3. The maximum absolute atomic E-state index is 10.2. The number of ether oxygens (including phenoxy) is 2. The zero-order chi connectivity index (χ0) is 10.1. The van der Waals surface area contributed by atoms with Gasteiger partial charge >= 0.3 is 5.43 Å². The van der Waals surface area contributed by atoms with Gasteiger partial charge in [0.2, 0.25) is 0 Å². The zero-order valence-electron chi connectivity index (χ0n) is 7.59. The first kappa shape index (κ1) is 13.0. The first-order chi connectivity index (χ1) is 6.16. The van der Waals surface area contributed by atoms with E-state index in [1.165, 1.54) is 0 Å². The summed E-state index contributed by atoms with van der Waals surface area (Å²) >= 11 is 10.7. The van der Waals surface area contributed by atoms with Gasteiger partial charge in [0, 0.05) is 18.2 Å². The average molecular weight is 229 g/mol. The highest BCUT2D eigenvalue weighted by Gasteiger charge is 2.06. The molecule has 0 aliphatic rings. The highest BCUT2D eigenvalue weighted by Crippen LogP contribution is 2.00. The quantitative estimate of drug-likeness (QED) is 0.382. The molecule has 78 valence electrons. The van der Waals surface area contributed by atoms with Crippen molar-refractivity contribution in [3.05, 3.63) is 0 Å². The minimum atomic E-state index is -0.834. The molecule has 1 unspecified atom stereocenters. The van der Waals surface area contributed by atoms with Crippen LogP contribution in [0.5, 0.6) is 0 Å². The summed E-state index contributed by atoms with van der Waals surface area (Å²) in [6, 6.07) is 0. The van der Waals surface area contributed by atoms with E-state index in [4.69, 9.17) is 27.9 Å². The lowest BCUT2D eigenvalue weighted by atomic mass is 10.4. The molecule has 13 heavy (non-hydrogen) atoms. The molecule has 0 aromatic heterocycles. The molecule has 0 saturated carbocycles. The Kier molecular flexibility index (Phi) is 8.61. The Morgan fingerprint density at radius 2 is 2.15 bits per heavy atom. The van der Waals surface area contributed by atoms with Crippen LogP contribution >= 0.6 is 23.2 Å². The summed E-state index contributed by atoms with van der Waals surface area (Å²) in [6.45, 7) is 3.24. The molecule has 0 amide bonds. The molecule has 0 aromatic rings. The number of carbonyl (C=O) groups excluding carboxylic acids is 1. The highest BCUT2D eigenvalue weighted by atomic mass is 35.5. The van der Waals surface area contributed by atoms with E-state index in [9.17, 15) is 4.79 Å². The van der Waals surface area contributed by atoms with Crippen LogP contribution in [0.2, 0.25) is 0 Å².